The van der Waals surface area contributed by atoms with Crippen LogP contribution < -0.4 is 10.6 Å². The van der Waals surface area contributed by atoms with Gasteiger partial charge in [-0.1, -0.05) is 36.4 Å². The number of hydrogen-bond acceptors (Lipinski definition) is 5. The van der Waals surface area contributed by atoms with Gasteiger partial charge >= 0.3 is 16.6 Å². The van der Waals surface area contributed by atoms with E-state index in [2.05, 4.69) is 15.0 Å². The van der Waals surface area contributed by atoms with Gasteiger partial charge in [0.1, 0.15) is 0 Å². The third-order valence-electron chi connectivity index (χ3n) is 3.19. The largest absolute Gasteiger partial charge is 0.465 e. The van der Waals surface area contributed by atoms with Crippen LogP contribution in [0, 0.1) is 0 Å². The molecule has 2 rings (SSSR count). The number of amides is 2. The maximum Gasteiger partial charge on any atom is 0.409 e. The summed E-state index contributed by atoms with van der Waals surface area (Å²) in [6.07, 6.45) is 2.04. The summed E-state index contributed by atoms with van der Waals surface area (Å²) in [5.41, 5.74) is 1.78. The number of carboxylic acid groups (broad SMARTS) is 1. The molecular formula is C17H15N3O5S. The van der Waals surface area contributed by atoms with E-state index in [0.29, 0.717) is 11.3 Å². The lowest BCUT2D eigenvalue weighted by Crippen LogP contribution is -2.15. The highest BCUT2D eigenvalue weighted by Crippen LogP contribution is 2.21. The molecule has 2 aromatic carbocycles. The third-order valence-corrected chi connectivity index (χ3v) is 3.55. The van der Waals surface area contributed by atoms with E-state index >= 15 is 0 Å². The first-order valence-electron chi connectivity index (χ1n) is 7.39. The van der Waals surface area contributed by atoms with Gasteiger partial charge < -0.3 is 10.4 Å². The number of nitrogens with zero attached hydrogens (tertiary/aromatic N) is 1. The molecule has 0 saturated carbocycles. The molecule has 0 heterocycles. The van der Waals surface area contributed by atoms with Gasteiger partial charge in [0.05, 0.1) is 17.9 Å². The van der Waals surface area contributed by atoms with E-state index in [1.54, 1.807) is 54.6 Å². The van der Waals surface area contributed by atoms with Gasteiger partial charge in [-0.05, 0) is 29.8 Å². The highest BCUT2D eigenvalue weighted by molar-refractivity contribution is 7.61. The molecule has 26 heavy (non-hydrogen) atoms. The molecule has 0 spiro atoms. The number of nitrogens with one attached hydrogen (secondary N) is 2. The summed E-state index contributed by atoms with van der Waals surface area (Å²) in [4.78, 5) is 23.1. The molecule has 0 aliphatic carbocycles. The molecule has 3 N–H and O–H groups in total. The second-order valence-corrected chi connectivity index (χ2v) is 5.68. The number of hydrogen-bond donors (Lipinski definition) is 3. The fourth-order valence-electron chi connectivity index (χ4n) is 2.05. The number of benzene rings is 2. The SMILES string of the molecule is O=C(O)Nc1ccccc1NC(=O)c1ccc(C=CCN=S(=O)=O)cc1. The van der Waals surface area contributed by atoms with Crippen molar-refractivity contribution in [2.75, 3.05) is 17.2 Å². The summed E-state index contributed by atoms with van der Waals surface area (Å²) in [7, 11) is -2.43. The average Bonchev–Trinajstić information content (AvgIpc) is 2.60. The Labute approximate surface area is 150 Å². The van der Waals surface area contributed by atoms with Crippen molar-refractivity contribution in [2.45, 2.75) is 0 Å². The summed E-state index contributed by atoms with van der Waals surface area (Å²) >= 11 is 0. The Morgan fingerprint density at radius 2 is 1.62 bits per heavy atom. The Hall–Kier alpha value is -3.46. The van der Waals surface area contributed by atoms with Gasteiger partial charge in [0.2, 0.25) is 0 Å². The molecule has 0 saturated heterocycles. The minimum atomic E-state index is -2.43. The van der Waals surface area contributed by atoms with Crippen LogP contribution in [-0.4, -0.2) is 32.1 Å². The maximum atomic E-state index is 12.3. The fraction of sp³-hybridized carbons (Fsp3) is 0.0588. The fourth-order valence-corrected chi connectivity index (χ4v) is 2.26. The molecule has 0 aliphatic rings. The summed E-state index contributed by atoms with van der Waals surface area (Å²) < 4.78 is 23.8. The summed E-state index contributed by atoms with van der Waals surface area (Å²) in [6.45, 7) is 0.0473. The molecule has 0 aliphatic heterocycles. The van der Waals surface area contributed by atoms with E-state index in [1.165, 1.54) is 6.07 Å². The monoisotopic (exact) mass is 373 g/mol. The molecule has 2 aromatic rings. The topological polar surface area (TPSA) is 125 Å². The first-order valence-corrected chi connectivity index (χ1v) is 8.42. The molecule has 2 amide bonds. The molecule has 0 radical (unpaired) electrons. The van der Waals surface area contributed by atoms with Crippen molar-refractivity contribution in [1.29, 1.82) is 0 Å². The van der Waals surface area contributed by atoms with Crippen molar-refractivity contribution in [3.8, 4) is 0 Å². The van der Waals surface area contributed by atoms with Crippen LogP contribution in [0.4, 0.5) is 16.2 Å². The molecule has 134 valence electrons. The molecule has 0 aromatic heterocycles. The lowest BCUT2D eigenvalue weighted by Gasteiger charge is -2.10. The minimum absolute atomic E-state index is 0.0473. The molecule has 8 nitrogen and oxygen atoms in total. The van der Waals surface area contributed by atoms with E-state index in [4.69, 9.17) is 5.11 Å². The van der Waals surface area contributed by atoms with E-state index in [9.17, 15) is 18.0 Å². The van der Waals surface area contributed by atoms with Gasteiger partial charge in [-0.2, -0.15) is 12.8 Å². The Morgan fingerprint density at radius 3 is 2.19 bits per heavy atom. The second kappa shape index (κ2) is 9.14. The van der Waals surface area contributed by atoms with Crippen LogP contribution in [0.15, 0.2) is 59.0 Å². The van der Waals surface area contributed by atoms with Crippen molar-refractivity contribution in [2.24, 2.45) is 4.36 Å². The molecule has 9 heteroatoms. The van der Waals surface area contributed by atoms with Crippen molar-refractivity contribution in [1.82, 2.24) is 0 Å². The number of carbonyl (C=O) groups is 2. The second-order valence-electron chi connectivity index (χ2n) is 4.98. The number of carbonyl (C=O) groups excluding carboxylic acids is 1. The average molecular weight is 373 g/mol. The van der Waals surface area contributed by atoms with Crippen molar-refractivity contribution >= 4 is 40.0 Å². The Bertz CT molecular complexity index is 958. The van der Waals surface area contributed by atoms with Crippen molar-refractivity contribution < 1.29 is 23.1 Å². The van der Waals surface area contributed by atoms with E-state index < -0.39 is 22.5 Å². The van der Waals surface area contributed by atoms with E-state index in [0.717, 1.165) is 5.56 Å². The van der Waals surface area contributed by atoms with Gasteiger partial charge in [0.15, 0.2) is 0 Å². The first-order chi connectivity index (χ1) is 12.5. The van der Waals surface area contributed by atoms with E-state index in [1.807, 2.05) is 0 Å². The Balaban J connectivity index is 2.07. The number of para-hydroxylation sites is 2. The van der Waals surface area contributed by atoms with Crippen molar-refractivity contribution in [3.63, 3.8) is 0 Å². The van der Waals surface area contributed by atoms with E-state index in [-0.39, 0.29) is 12.2 Å². The predicted molar refractivity (Wildman–Crippen MR) is 97.7 cm³/mol. The molecule has 0 fully saturated rings. The van der Waals surface area contributed by atoms with Crippen LogP contribution in [0.2, 0.25) is 0 Å². The van der Waals surface area contributed by atoms with Gasteiger partial charge in [-0.25, -0.2) is 4.79 Å². The van der Waals surface area contributed by atoms with Crippen LogP contribution in [0.5, 0.6) is 0 Å². The Morgan fingerprint density at radius 1 is 1.00 bits per heavy atom. The highest BCUT2D eigenvalue weighted by atomic mass is 32.2. The van der Waals surface area contributed by atoms with Crippen LogP contribution in [0.3, 0.4) is 0 Å². The smallest absolute Gasteiger partial charge is 0.409 e. The quantitative estimate of drug-likeness (QED) is 0.717. The Kier molecular flexibility index (Phi) is 6.63. The van der Waals surface area contributed by atoms with Gasteiger partial charge in [-0.3, -0.25) is 10.1 Å². The van der Waals surface area contributed by atoms with Crippen LogP contribution >= 0.6 is 0 Å². The third kappa shape index (κ3) is 5.87. The molecule has 0 unspecified atom stereocenters. The summed E-state index contributed by atoms with van der Waals surface area (Å²) in [5, 5.41) is 13.7. The van der Waals surface area contributed by atoms with Crippen molar-refractivity contribution in [3.05, 3.63) is 65.7 Å². The zero-order chi connectivity index (χ0) is 18.9. The zero-order valence-corrected chi connectivity index (χ0v) is 14.2. The summed E-state index contributed by atoms with van der Waals surface area (Å²) in [5.74, 6) is -0.392. The highest BCUT2D eigenvalue weighted by Gasteiger charge is 2.10. The minimum Gasteiger partial charge on any atom is -0.465 e. The van der Waals surface area contributed by atoms with Gasteiger partial charge in [-0.15, -0.1) is 0 Å². The zero-order valence-electron chi connectivity index (χ0n) is 13.4. The van der Waals surface area contributed by atoms with Gasteiger partial charge in [0.25, 0.3) is 5.91 Å². The number of rotatable bonds is 6. The van der Waals surface area contributed by atoms with Crippen LogP contribution in [0.1, 0.15) is 15.9 Å². The lowest BCUT2D eigenvalue weighted by atomic mass is 10.1. The first kappa shape index (κ1) is 18.9. The van der Waals surface area contributed by atoms with Crippen LogP contribution in [-0.2, 0) is 10.5 Å². The van der Waals surface area contributed by atoms with Gasteiger partial charge in [0, 0.05) is 5.56 Å². The molecule has 0 bridgehead atoms. The number of anilines is 2. The normalized spacial score (nSPS) is 10.3. The van der Waals surface area contributed by atoms with Crippen LogP contribution in [0.25, 0.3) is 6.08 Å². The predicted octanol–water partition coefficient (Wildman–Crippen LogP) is 3.10. The lowest BCUT2D eigenvalue weighted by molar-refractivity contribution is 0.102. The molecule has 0 atom stereocenters. The molecular weight excluding hydrogens is 358 g/mol. The standard InChI is InChI=1S/C17H15N3O5S/c21-16(19-14-5-1-2-6-15(14)20-17(22)23)13-9-7-12(8-10-13)4-3-11-18-26(24)25/h1-10,20H,11H2,(H,19,21)(H,22,23). The summed E-state index contributed by atoms with van der Waals surface area (Å²) in [6, 6.07) is 13.0. The maximum absolute atomic E-state index is 12.3.